The van der Waals surface area contributed by atoms with Crippen molar-refractivity contribution in [2.45, 2.75) is 19.8 Å². The molecule has 2 aromatic rings. The van der Waals surface area contributed by atoms with Crippen LogP contribution in [0.5, 0.6) is 11.6 Å². The predicted molar refractivity (Wildman–Crippen MR) is 79.2 cm³/mol. The van der Waals surface area contributed by atoms with Gasteiger partial charge in [0.2, 0.25) is 11.8 Å². The lowest BCUT2D eigenvalue weighted by Gasteiger charge is -2.14. The maximum absolute atomic E-state index is 5.76. The van der Waals surface area contributed by atoms with Gasteiger partial charge in [-0.1, -0.05) is 29.8 Å². The molecule has 0 unspecified atom stereocenters. The zero-order valence-corrected chi connectivity index (χ0v) is 12.3. The molecule has 0 fully saturated rings. The van der Waals surface area contributed by atoms with Crippen LogP contribution in [-0.4, -0.2) is 9.97 Å². The van der Waals surface area contributed by atoms with E-state index in [1.807, 2.05) is 18.2 Å². The van der Waals surface area contributed by atoms with Gasteiger partial charge in [0.25, 0.3) is 0 Å². The number of hydrogen-bond donors (Lipinski definition) is 2. The first kappa shape index (κ1) is 13.6. The maximum atomic E-state index is 5.76. The van der Waals surface area contributed by atoms with Gasteiger partial charge >= 0.3 is 0 Å². The Morgan fingerprint density at radius 3 is 2.53 bits per heavy atom. The first-order chi connectivity index (χ1) is 8.95. The summed E-state index contributed by atoms with van der Waals surface area (Å²) < 4.78 is 6.76. The van der Waals surface area contributed by atoms with Crippen LogP contribution in [0.1, 0.15) is 25.3 Å². The highest BCUT2D eigenvalue weighted by Crippen LogP contribution is 2.32. The highest BCUT2D eigenvalue weighted by molar-refractivity contribution is 9.10. The molecular weight excluding hydrogens is 308 g/mol. The van der Waals surface area contributed by atoms with Gasteiger partial charge in [-0.3, -0.25) is 0 Å². The van der Waals surface area contributed by atoms with Crippen LogP contribution in [0.2, 0.25) is 0 Å². The summed E-state index contributed by atoms with van der Waals surface area (Å²) in [6.07, 6.45) is 0. The molecule has 19 heavy (non-hydrogen) atoms. The topological polar surface area (TPSA) is 87.0 Å². The molecule has 0 saturated heterocycles. The number of ether oxygens (including phenoxy) is 1. The largest absolute Gasteiger partial charge is 0.438 e. The molecule has 100 valence electrons. The minimum Gasteiger partial charge on any atom is -0.438 e. The van der Waals surface area contributed by atoms with E-state index in [1.165, 1.54) is 0 Å². The van der Waals surface area contributed by atoms with Gasteiger partial charge < -0.3 is 16.2 Å². The lowest BCUT2D eigenvalue weighted by atomic mass is 10.0. The molecular formula is C13H15BrN4O. The van der Waals surface area contributed by atoms with Crippen molar-refractivity contribution in [1.82, 2.24) is 9.97 Å². The lowest BCUT2D eigenvalue weighted by molar-refractivity contribution is 0.454. The van der Waals surface area contributed by atoms with E-state index >= 15 is 0 Å². The number of halogens is 1. The summed E-state index contributed by atoms with van der Waals surface area (Å²) in [5, 5.41) is 0. The smallest absolute Gasteiger partial charge is 0.226 e. The standard InChI is InChI=1S/C13H15BrN4O/c1-7(2)9-5-8(14)3-4-10(9)19-12-6-11(15)17-13(16)18-12/h3-7H,1-2H3,(H4,15,16,17,18). The van der Waals surface area contributed by atoms with Crippen molar-refractivity contribution in [3.8, 4) is 11.6 Å². The third-order valence-electron chi connectivity index (χ3n) is 2.55. The average molecular weight is 323 g/mol. The van der Waals surface area contributed by atoms with Gasteiger partial charge in [0, 0.05) is 10.5 Å². The molecule has 0 amide bonds. The van der Waals surface area contributed by atoms with E-state index in [0.29, 0.717) is 11.8 Å². The molecule has 2 rings (SSSR count). The molecule has 1 aromatic heterocycles. The van der Waals surface area contributed by atoms with E-state index in [4.69, 9.17) is 16.2 Å². The van der Waals surface area contributed by atoms with Crippen molar-refractivity contribution in [2.75, 3.05) is 11.5 Å². The average Bonchev–Trinajstić information content (AvgIpc) is 2.30. The fourth-order valence-electron chi connectivity index (χ4n) is 1.69. The van der Waals surface area contributed by atoms with Crippen LogP contribution < -0.4 is 16.2 Å². The summed E-state index contributed by atoms with van der Waals surface area (Å²) in [6, 6.07) is 7.36. The number of benzene rings is 1. The van der Waals surface area contributed by atoms with Crippen LogP contribution in [0, 0.1) is 0 Å². The van der Waals surface area contributed by atoms with E-state index in [1.54, 1.807) is 6.07 Å². The number of nitrogens with two attached hydrogens (primary N) is 2. The van der Waals surface area contributed by atoms with Crippen molar-refractivity contribution in [1.29, 1.82) is 0 Å². The Kier molecular flexibility index (Phi) is 3.90. The summed E-state index contributed by atoms with van der Waals surface area (Å²) >= 11 is 3.45. The number of anilines is 2. The summed E-state index contributed by atoms with van der Waals surface area (Å²) in [5.74, 6) is 1.78. The van der Waals surface area contributed by atoms with Gasteiger partial charge in [-0.15, -0.1) is 0 Å². The maximum Gasteiger partial charge on any atom is 0.226 e. The Hall–Kier alpha value is -1.82. The van der Waals surface area contributed by atoms with Crippen LogP contribution in [0.3, 0.4) is 0 Å². The predicted octanol–water partition coefficient (Wildman–Crippen LogP) is 3.32. The van der Waals surface area contributed by atoms with Crippen LogP contribution >= 0.6 is 15.9 Å². The van der Waals surface area contributed by atoms with E-state index in [-0.39, 0.29) is 11.8 Å². The lowest BCUT2D eigenvalue weighted by Crippen LogP contribution is -2.02. The Morgan fingerprint density at radius 1 is 1.16 bits per heavy atom. The molecule has 1 aromatic carbocycles. The number of aromatic nitrogens is 2. The highest BCUT2D eigenvalue weighted by atomic mass is 79.9. The number of nitrogen functional groups attached to an aromatic ring is 2. The summed E-state index contributed by atoms with van der Waals surface area (Å²) in [6.45, 7) is 4.19. The monoisotopic (exact) mass is 322 g/mol. The van der Waals surface area contributed by atoms with Crippen LogP contribution in [0.25, 0.3) is 0 Å². The second-order valence-electron chi connectivity index (χ2n) is 4.43. The molecule has 6 heteroatoms. The molecule has 5 nitrogen and oxygen atoms in total. The normalized spacial score (nSPS) is 10.7. The molecule has 0 spiro atoms. The molecule has 0 radical (unpaired) electrons. The Balaban J connectivity index is 2.37. The summed E-state index contributed by atoms with van der Waals surface area (Å²) in [7, 11) is 0. The van der Waals surface area contributed by atoms with Gasteiger partial charge in [0.1, 0.15) is 11.6 Å². The van der Waals surface area contributed by atoms with Gasteiger partial charge in [-0.25, -0.2) is 0 Å². The van der Waals surface area contributed by atoms with Crippen LogP contribution in [0.4, 0.5) is 11.8 Å². The SMILES string of the molecule is CC(C)c1cc(Br)ccc1Oc1cc(N)nc(N)n1. The zero-order chi connectivity index (χ0) is 14.0. The summed E-state index contributed by atoms with van der Waals surface area (Å²) in [5.41, 5.74) is 12.2. The molecule has 4 N–H and O–H groups in total. The van der Waals surface area contributed by atoms with Crippen molar-refractivity contribution < 1.29 is 4.74 Å². The third-order valence-corrected chi connectivity index (χ3v) is 3.04. The zero-order valence-electron chi connectivity index (χ0n) is 10.7. The second kappa shape index (κ2) is 5.44. The van der Waals surface area contributed by atoms with E-state index in [2.05, 4.69) is 39.7 Å². The van der Waals surface area contributed by atoms with Crippen LogP contribution in [0.15, 0.2) is 28.7 Å². The minimum atomic E-state index is 0.0956. The number of nitrogens with zero attached hydrogens (tertiary/aromatic N) is 2. The number of hydrogen-bond acceptors (Lipinski definition) is 5. The molecule has 0 aliphatic heterocycles. The third kappa shape index (κ3) is 3.35. The Labute approximate surface area is 120 Å². The first-order valence-electron chi connectivity index (χ1n) is 5.83. The molecule has 0 saturated carbocycles. The van der Waals surface area contributed by atoms with Gasteiger partial charge in [-0.2, -0.15) is 9.97 Å². The van der Waals surface area contributed by atoms with E-state index in [9.17, 15) is 0 Å². The fraction of sp³-hybridized carbons (Fsp3) is 0.231. The van der Waals surface area contributed by atoms with Crippen LogP contribution in [-0.2, 0) is 0 Å². The Morgan fingerprint density at radius 2 is 1.89 bits per heavy atom. The minimum absolute atomic E-state index is 0.0956. The van der Waals surface area contributed by atoms with Crippen molar-refractivity contribution in [3.05, 3.63) is 34.3 Å². The quantitative estimate of drug-likeness (QED) is 0.905. The van der Waals surface area contributed by atoms with Gasteiger partial charge in [0.15, 0.2) is 0 Å². The summed E-state index contributed by atoms with van der Waals surface area (Å²) in [4.78, 5) is 7.81. The van der Waals surface area contributed by atoms with Gasteiger partial charge in [0.05, 0.1) is 0 Å². The van der Waals surface area contributed by atoms with Crippen molar-refractivity contribution in [3.63, 3.8) is 0 Å². The molecule has 0 atom stereocenters. The molecule has 0 bridgehead atoms. The number of rotatable bonds is 3. The van der Waals surface area contributed by atoms with Crippen molar-refractivity contribution >= 4 is 27.7 Å². The molecule has 0 aliphatic rings. The van der Waals surface area contributed by atoms with E-state index in [0.717, 1.165) is 15.8 Å². The first-order valence-corrected chi connectivity index (χ1v) is 6.62. The molecule has 1 heterocycles. The van der Waals surface area contributed by atoms with Gasteiger partial charge in [-0.05, 0) is 29.7 Å². The fourth-order valence-corrected chi connectivity index (χ4v) is 2.07. The second-order valence-corrected chi connectivity index (χ2v) is 5.34. The van der Waals surface area contributed by atoms with E-state index < -0.39 is 0 Å². The van der Waals surface area contributed by atoms with Crippen molar-refractivity contribution in [2.24, 2.45) is 0 Å². The molecule has 0 aliphatic carbocycles. The highest BCUT2D eigenvalue weighted by Gasteiger charge is 2.11. The Bertz CT molecular complexity index is 581.